The van der Waals surface area contributed by atoms with E-state index in [4.69, 9.17) is 4.74 Å². The van der Waals surface area contributed by atoms with Gasteiger partial charge in [0, 0.05) is 20.3 Å². The van der Waals surface area contributed by atoms with Gasteiger partial charge in [0.2, 0.25) is 15.9 Å². The number of methoxy groups -OCH3 is 1. The molecule has 7 heteroatoms. The van der Waals surface area contributed by atoms with E-state index in [0.717, 1.165) is 16.1 Å². The highest BCUT2D eigenvalue weighted by atomic mass is 32.2. The van der Waals surface area contributed by atoms with Gasteiger partial charge in [0.15, 0.2) is 0 Å². The van der Waals surface area contributed by atoms with Crippen molar-refractivity contribution in [3.8, 4) is 0 Å². The maximum absolute atomic E-state index is 12.2. The van der Waals surface area contributed by atoms with Gasteiger partial charge in [0.05, 0.1) is 11.9 Å². The van der Waals surface area contributed by atoms with Crippen LogP contribution in [-0.4, -0.2) is 46.9 Å². The van der Waals surface area contributed by atoms with Crippen LogP contribution >= 0.6 is 0 Å². The third kappa shape index (κ3) is 5.31. The highest BCUT2D eigenvalue weighted by Crippen LogP contribution is 2.21. The second kappa shape index (κ2) is 8.14. The predicted molar refractivity (Wildman–Crippen MR) is 87.5 cm³/mol. The van der Waals surface area contributed by atoms with Crippen LogP contribution in [0.1, 0.15) is 18.9 Å². The molecule has 0 saturated carbocycles. The summed E-state index contributed by atoms with van der Waals surface area (Å²) in [5, 5.41) is 2.73. The second-order valence-electron chi connectivity index (χ2n) is 5.21. The van der Waals surface area contributed by atoms with E-state index in [1.54, 1.807) is 26.2 Å². The maximum atomic E-state index is 12.2. The molecule has 1 N–H and O–H groups in total. The van der Waals surface area contributed by atoms with Crippen LogP contribution in [-0.2, 0) is 19.6 Å². The molecular formula is C15H24N2O4S. The molecule has 0 fully saturated rings. The van der Waals surface area contributed by atoms with E-state index in [1.807, 2.05) is 19.1 Å². The van der Waals surface area contributed by atoms with Crippen molar-refractivity contribution in [3.63, 3.8) is 0 Å². The van der Waals surface area contributed by atoms with Crippen LogP contribution in [0.3, 0.4) is 0 Å². The number of sulfonamides is 1. The number of aryl methyl sites for hydroxylation is 1. The van der Waals surface area contributed by atoms with Gasteiger partial charge in [-0.2, -0.15) is 0 Å². The molecule has 1 amide bonds. The van der Waals surface area contributed by atoms with Gasteiger partial charge in [-0.25, -0.2) is 8.42 Å². The quantitative estimate of drug-likeness (QED) is 0.730. The molecule has 0 aliphatic heterocycles. The van der Waals surface area contributed by atoms with Gasteiger partial charge in [0.25, 0.3) is 0 Å². The summed E-state index contributed by atoms with van der Waals surface area (Å²) in [4.78, 5) is 12.2. The van der Waals surface area contributed by atoms with Crippen molar-refractivity contribution in [3.05, 3.63) is 29.8 Å². The van der Waals surface area contributed by atoms with Crippen LogP contribution in [0.15, 0.2) is 24.3 Å². The Kier molecular flexibility index (Phi) is 6.83. The van der Waals surface area contributed by atoms with Gasteiger partial charge in [-0.3, -0.25) is 9.10 Å². The Bertz CT molecular complexity index is 584. The number of hydrogen-bond donors (Lipinski definition) is 1. The minimum Gasteiger partial charge on any atom is -0.385 e. The lowest BCUT2D eigenvalue weighted by Gasteiger charge is -2.28. The first-order valence-corrected chi connectivity index (χ1v) is 8.95. The number of carbonyl (C=O) groups is 1. The monoisotopic (exact) mass is 328 g/mol. The summed E-state index contributed by atoms with van der Waals surface area (Å²) < 4.78 is 30.2. The Hall–Kier alpha value is -1.60. The standard InChI is InChI=1S/C15H24N2O4S/c1-12-6-8-14(9-7-12)17(22(4,19)20)13(2)15(18)16-10-5-11-21-3/h6-9,13H,5,10-11H2,1-4H3,(H,16,18)/t13-/m0/s1. The van der Waals surface area contributed by atoms with Crippen LogP contribution in [0.2, 0.25) is 0 Å². The summed E-state index contributed by atoms with van der Waals surface area (Å²) in [5.41, 5.74) is 1.50. The molecule has 1 rings (SSSR count). The first-order valence-electron chi connectivity index (χ1n) is 7.10. The summed E-state index contributed by atoms with van der Waals surface area (Å²) in [7, 11) is -1.97. The molecule has 1 aromatic rings. The number of hydrogen-bond acceptors (Lipinski definition) is 4. The van der Waals surface area contributed by atoms with E-state index in [0.29, 0.717) is 25.3 Å². The van der Waals surface area contributed by atoms with E-state index in [2.05, 4.69) is 5.32 Å². The summed E-state index contributed by atoms with van der Waals surface area (Å²) in [6, 6.07) is 6.21. The predicted octanol–water partition coefficient (Wildman–Crippen LogP) is 1.30. The van der Waals surface area contributed by atoms with Gasteiger partial charge < -0.3 is 10.1 Å². The molecular weight excluding hydrogens is 304 g/mol. The third-order valence-electron chi connectivity index (χ3n) is 3.20. The lowest BCUT2D eigenvalue weighted by atomic mass is 10.2. The number of anilines is 1. The van der Waals surface area contributed by atoms with Crippen molar-refractivity contribution in [1.29, 1.82) is 0 Å². The highest BCUT2D eigenvalue weighted by Gasteiger charge is 2.28. The fourth-order valence-corrected chi connectivity index (χ4v) is 3.25. The van der Waals surface area contributed by atoms with Crippen LogP contribution in [0, 0.1) is 6.92 Å². The van der Waals surface area contributed by atoms with E-state index >= 15 is 0 Å². The summed E-state index contributed by atoms with van der Waals surface area (Å²) in [5.74, 6) is -0.331. The molecule has 0 aromatic heterocycles. The van der Waals surface area contributed by atoms with E-state index in [-0.39, 0.29) is 5.91 Å². The van der Waals surface area contributed by atoms with Gasteiger partial charge in [0.1, 0.15) is 6.04 Å². The summed E-state index contributed by atoms with van der Waals surface area (Å²) >= 11 is 0. The average Bonchev–Trinajstić information content (AvgIpc) is 2.44. The van der Waals surface area contributed by atoms with Crippen molar-refractivity contribution < 1.29 is 17.9 Å². The minimum absolute atomic E-state index is 0.331. The van der Waals surface area contributed by atoms with Crippen LogP contribution in [0.5, 0.6) is 0 Å². The zero-order valence-electron chi connectivity index (χ0n) is 13.5. The number of carbonyl (C=O) groups excluding carboxylic acids is 1. The first kappa shape index (κ1) is 18.4. The van der Waals surface area contributed by atoms with Crippen molar-refractivity contribution in [2.24, 2.45) is 0 Å². The second-order valence-corrected chi connectivity index (χ2v) is 7.07. The summed E-state index contributed by atoms with van der Waals surface area (Å²) in [6.07, 6.45) is 1.78. The topological polar surface area (TPSA) is 75.7 Å². The van der Waals surface area contributed by atoms with Crippen molar-refractivity contribution in [2.75, 3.05) is 30.8 Å². The Morgan fingerprint density at radius 3 is 2.41 bits per heavy atom. The molecule has 124 valence electrons. The number of rotatable bonds is 8. The van der Waals surface area contributed by atoms with Gasteiger partial charge >= 0.3 is 0 Å². The van der Waals surface area contributed by atoms with Crippen LogP contribution in [0.25, 0.3) is 0 Å². The number of benzene rings is 1. The van der Waals surface area contributed by atoms with Gasteiger partial charge in [-0.1, -0.05) is 17.7 Å². The highest BCUT2D eigenvalue weighted by molar-refractivity contribution is 7.92. The van der Waals surface area contributed by atoms with Crippen molar-refractivity contribution in [2.45, 2.75) is 26.3 Å². The molecule has 0 saturated heterocycles. The lowest BCUT2D eigenvalue weighted by molar-refractivity contribution is -0.121. The van der Waals surface area contributed by atoms with Crippen LogP contribution in [0.4, 0.5) is 5.69 Å². The van der Waals surface area contributed by atoms with Gasteiger partial charge in [-0.15, -0.1) is 0 Å². The molecule has 0 unspecified atom stereocenters. The smallest absolute Gasteiger partial charge is 0.243 e. The molecule has 0 heterocycles. The minimum atomic E-state index is -3.56. The molecule has 22 heavy (non-hydrogen) atoms. The molecule has 0 aliphatic carbocycles. The molecule has 1 aromatic carbocycles. The van der Waals surface area contributed by atoms with E-state index < -0.39 is 16.1 Å². The fourth-order valence-electron chi connectivity index (χ4n) is 2.08. The Morgan fingerprint density at radius 1 is 1.32 bits per heavy atom. The van der Waals surface area contributed by atoms with Crippen molar-refractivity contribution in [1.82, 2.24) is 5.32 Å². The molecule has 0 bridgehead atoms. The van der Waals surface area contributed by atoms with Gasteiger partial charge in [-0.05, 0) is 32.4 Å². The van der Waals surface area contributed by atoms with Crippen LogP contribution < -0.4 is 9.62 Å². The lowest BCUT2D eigenvalue weighted by Crippen LogP contribution is -2.48. The Balaban J connectivity index is 2.88. The number of ether oxygens (including phenoxy) is 1. The zero-order chi connectivity index (χ0) is 16.8. The zero-order valence-corrected chi connectivity index (χ0v) is 14.3. The number of amides is 1. The molecule has 6 nitrogen and oxygen atoms in total. The SMILES string of the molecule is COCCCNC(=O)[C@H](C)N(c1ccc(C)cc1)S(C)(=O)=O. The van der Waals surface area contributed by atoms with E-state index in [9.17, 15) is 13.2 Å². The fraction of sp³-hybridized carbons (Fsp3) is 0.533. The summed E-state index contributed by atoms with van der Waals surface area (Å²) in [6.45, 7) is 4.48. The van der Waals surface area contributed by atoms with E-state index in [1.165, 1.54) is 0 Å². The molecule has 0 aliphatic rings. The van der Waals surface area contributed by atoms with Crippen molar-refractivity contribution >= 4 is 21.6 Å². The Morgan fingerprint density at radius 2 is 1.91 bits per heavy atom. The normalized spacial score (nSPS) is 12.7. The third-order valence-corrected chi connectivity index (χ3v) is 4.44. The largest absolute Gasteiger partial charge is 0.385 e. The number of nitrogens with zero attached hydrogens (tertiary/aromatic N) is 1. The average molecular weight is 328 g/mol. The maximum Gasteiger partial charge on any atom is 0.243 e. The molecule has 0 radical (unpaired) electrons. The Labute approximate surface area is 132 Å². The number of nitrogens with one attached hydrogen (secondary N) is 1. The molecule has 0 spiro atoms. The first-order chi connectivity index (χ1) is 10.3. The molecule has 1 atom stereocenters.